The lowest BCUT2D eigenvalue weighted by atomic mass is 9.95. The van der Waals surface area contributed by atoms with Crippen LogP contribution in [0.15, 0.2) is 11.6 Å². The van der Waals surface area contributed by atoms with Crippen molar-refractivity contribution in [1.29, 1.82) is 0 Å². The van der Waals surface area contributed by atoms with Crippen LogP contribution in [-0.2, 0) is 4.74 Å². The van der Waals surface area contributed by atoms with E-state index < -0.39 is 5.60 Å². The Morgan fingerprint density at radius 2 is 2.00 bits per heavy atom. The molecule has 0 aliphatic rings. The van der Waals surface area contributed by atoms with Crippen LogP contribution < -0.4 is 10.6 Å². The van der Waals surface area contributed by atoms with Crippen LogP contribution in [0.5, 0.6) is 0 Å². The average molecular weight is 327 g/mol. The molecular weight excluding hydrogens is 298 g/mol. The van der Waals surface area contributed by atoms with Crippen LogP contribution in [-0.4, -0.2) is 29.8 Å². The summed E-state index contributed by atoms with van der Waals surface area (Å²) >= 11 is 1.65. The number of alkyl carbamates (subject to hydrolysis) is 1. The molecule has 1 aromatic rings. The molecule has 1 rings (SSSR count). The monoisotopic (exact) mass is 327 g/mol. The topological polar surface area (TPSA) is 63.2 Å². The molecule has 0 saturated heterocycles. The van der Waals surface area contributed by atoms with Gasteiger partial charge >= 0.3 is 6.09 Å². The Morgan fingerprint density at radius 1 is 1.32 bits per heavy atom. The first-order chi connectivity index (χ1) is 10.2. The predicted octanol–water partition coefficient (Wildman–Crippen LogP) is 3.59. The summed E-state index contributed by atoms with van der Waals surface area (Å²) < 4.78 is 5.27. The number of nitrogens with one attached hydrogen (secondary N) is 2. The molecule has 0 spiro atoms. The van der Waals surface area contributed by atoms with E-state index in [0.29, 0.717) is 18.4 Å². The zero-order valence-electron chi connectivity index (χ0n) is 14.5. The molecule has 6 heteroatoms. The molecule has 0 aromatic carbocycles. The lowest BCUT2D eigenvalue weighted by Crippen LogP contribution is -2.40. The Balaban J connectivity index is 2.40. The number of aromatic nitrogens is 1. The Kier molecular flexibility index (Phi) is 7.29. The molecule has 2 atom stereocenters. The third-order valence-electron chi connectivity index (χ3n) is 3.36. The number of hydrogen-bond acceptors (Lipinski definition) is 5. The van der Waals surface area contributed by atoms with Gasteiger partial charge in [-0.25, -0.2) is 9.78 Å². The smallest absolute Gasteiger partial charge is 0.407 e. The van der Waals surface area contributed by atoms with Gasteiger partial charge in [0.15, 0.2) is 0 Å². The van der Waals surface area contributed by atoms with Crippen LogP contribution in [0.3, 0.4) is 0 Å². The molecule has 1 amide bonds. The first kappa shape index (κ1) is 18.9. The highest BCUT2D eigenvalue weighted by Gasteiger charge is 2.20. The molecule has 0 aliphatic heterocycles. The van der Waals surface area contributed by atoms with Gasteiger partial charge in [0.05, 0.1) is 6.04 Å². The molecule has 1 aromatic heterocycles. The van der Waals surface area contributed by atoms with E-state index in [2.05, 4.69) is 36.4 Å². The summed E-state index contributed by atoms with van der Waals surface area (Å²) in [5.41, 5.74) is -0.463. The number of nitrogens with zero attached hydrogens (tertiary/aromatic N) is 1. The van der Waals surface area contributed by atoms with Crippen molar-refractivity contribution in [2.45, 2.75) is 53.2 Å². The highest BCUT2D eigenvalue weighted by molar-refractivity contribution is 7.09. The third kappa shape index (κ3) is 7.22. The van der Waals surface area contributed by atoms with Gasteiger partial charge in [-0.2, -0.15) is 0 Å². The van der Waals surface area contributed by atoms with Crippen molar-refractivity contribution in [1.82, 2.24) is 15.6 Å². The highest BCUT2D eigenvalue weighted by Crippen LogP contribution is 2.16. The van der Waals surface area contributed by atoms with Crippen molar-refractivity contribution in [3.8, 4) is 0 Å². The maximum absolute atomic E-state index is 11.7. The van der Waals surface area contributed by atoms with E-state index in [0.717, 1.165) is 11.6 Å². The van der Waals surface area contributed by atoms with Gasteiger partial charge in [0.2, 0.25) is 0 Å². The summed E-state index contributed by atoms with van der Waals surface area (Å²) in [4.78, 5) is 16.1. The zero-order chi connectivity index (χ0) is 16.8. The molecule has 0 aliphatic carbocycles. The third-order valence-corrected chi connectivity index (χ3v) is 4.32. The molecule has 126 valence electrons. The van der Waals surface area contributed by atoms with E-state index in [1.807, 2.05) is 32.3 Å². The van der Waals surface area contributed by atoms with Gasteiger partial charge in [-0.3, -0.25) is 0 Å². The molecule has 1 heterocycles. The number of thiazole rings is 1. The average Bonchev–Trinajstić information content (AvgIpc) is 2.89. The Bertz CT molecular complexity index is 441. The zero-order valence-corrected chi connectivity index (χ0v) is 15.3. The van der Waals surface area contributed by atoms with Gasteiger partial charge in [-0.05, 0) is 39.5 Å². The van der Waals surface area contributed by atoms with Gasteiger partial charge < -0.3 is 15.4 Å². The molecule has 0 saturated carbocycles. The summed E-state index contributed by atoms with van der Waals surface area (Å²) in [7, 11) is 0. The van der Waals surface area contributed by atoms with Crippen LogP contribution in [0.25, 0.3) is 0 Å². The van der Waals surface area contributed by atoms with E-state index in [4.69, 9.17) is 4.74 Å². The van der Waals surface area contributed by atoms with Crippen molar-refractivity contribution < 1.29 is 9.53 Å². The number of rotatable bonds is 7. The second kappa shape index (κ2) is 8.48. The molecule has 2 N–H and O–H groups in total. The Hall–Kier alpha value is -1.14. The van der Waals surface area contributed by atoms with Crippen LogP contribution in [0.2, 0.25) is 0 Å². The lowest BCUT2D eigenvalue weighted by molar-refractivity contribution is 0.0514. The molecular formula is C16H29N3O2S. The fourth-order valence-electron chi connectivity index (χ4n) is 1.94. The van der Waals surface area contributed by atoms with Crippen molar-refractivity contribution in [3.05, 3.63) is 16.6 Å². The standard InChI is InChI=1S/C16H29N3O2S/c1-11(2)13(10-19-15(20)21-16(4,5)6)9-18-12(3)14-17-7-8-22-14/h7-8,11-13,18H,9-10H2,1-6H3,(H,19,20). The fraction of sp³-hybridized carbons (Fsp3) is 0.750. The summed E-state index contributed by atoms with van der Waals surface area (Å²) in [6, 6.07) is 0.225. The maximum Gasteiger partial charge on any atom is 0.407 e. The summed E-state index contributed by atoms with van der Waals surface area (Å²) in [6.07, 6.45) is 1.47. The molecule has 0 fully saturated rings. The van der Waals surface area contributed by atoms with E-state index in [1.54, 1.807) is 11.3 Å². The first-order valence-electron chi connectivity index (χ1n) is 7.78. The van der Waals surface area contributed by atoms with Crippen LogP contribution in [0, 0.1) is 11.8 Å². The van der Waals surface area contributed by atoms with E-state index in [9.17, 15) is 4.79 Å². The van der Waals surface area contributed by atoms with Gasteiger partial charge in [-0.1, -0.05) is 13.8 Å². The van der Waals surface area contributed by atoms with Crippen molar-refractivity contribution in [2.24, 2.45) is 11.8 Å². The van der Waals surface area contributed by atoms with E-state index in [1.165, 1.54) is 0 Å². The number of carbonyl (C=O) groups is 1. The van der Waals surface area contributed by atoms with E-state index >= 15 is 0 Å². The van der Waals surface area contributed by atoms with Gasteiger partial charge in [0, 0.05) is 24.7 Å². The second-order valence-electron chi connectivity index (χ2n) is 6.89. The number of ether oxygens (including phenoxy) is 1. The molecule has 22 heavy (non-hydrogen) atoms. The van der Waals surface area contributed by atoms with Gasteiger partial charge in [-0.15, -0.1) is 11.3 Å². The summed E-state index contributed by atoms with van der Waals surface area (Å²) in [6.45, 7) is 13.5. The fourth-order valence-corrected chi connectivity index (χ4v) is 2.61. The van der Waals surface area contributed by atoms with Crippen LogP contribution in [0.4, 0.5) is 4.79 Å². The SMILES string of the molecule is CC(NCC(CNC(=O)OC(C)(C)C)C(C)C)c1nccs1. The van der Waals surface area contributed by atoms with Gasteiger partial charge in [0.1, 0.15) is 10.6 Å². The van der Waals surface area contributed by atoms with Gasteiger partial charge in [0.25, 0.3) is 0 Å². The first-order valence-corrected chi connectivity index (χ1v) is 8.66. The Labute approximate surface area is 137 Å². The van der Waals surface area contributed by atoms with Crippen LogP contribution in [0.1, 0.15) is 52.6 Å². The minimum Gasteiger partial charge on any atom is -0.444 e. The quantitative estimate of drug-likeness (QED) is 0.803. The summed E-state index contributed by atoms with van der Waals surface area (Å²) in [5.74, 6) is 0.806. The van der Waals surface area contributed by atoms with Crippen molar-refractivity contribution >= 4 is 17.4 Å². The number of hydrogen-bond donors (Lipinski definition) is 2. The number of carbonyl (C=O) groups excluding carboxylic acids is 1. The van der Waals surface area contributed by atoms with Crippen molar-refractivity contribution in [2.75, 3.05) is 13.1 Å². The maximum atomic E-state index is 11.7. The van der Waals surface area contributed by atoms with E-state index in [-0.39, 0.29) is 12.1 Å². The minimum absolute atomic E-state index is 0.225. The molecule has 0 radical (unpaired) electrons. The molecule has 2 unspecified atom stereocenters. The van der Waals surface area contributed by atoms with Crippen LogP contribution >= 0.6 is 11.3 Å². The molecule has 0 bridgehead atoms. The largest absolute Gasteiger partial charge is 0.444 e. The summed E-state index contributed by atoms with van der Waals surface area (Å²) in [5, 5.41) is 9.43. The second-order valence-corrected chi connectivity index (χ2v) is 7.81. The lowest BCUT2D eigenvalue weighted by Gasteiger charge is -2.25. The normalized spacial score (nSPS) is 14.7. The predicted molar refractivity (Wildman–Crippen MR) is 91.1 cm³/mol. The van der Waals surface area contributed by atoms with Crippen molar-refractivity contribution in [3.63, 3.8) is 0 Å². The minimum atomic E-state index is -0.463. The molecule has 5 nitrogen and oxygen atoms in total. The number of amides is 1. The Morgan fingerprint density at radius 3 is 2.50 bits per heavy atom. The highest BCUT2D eigenvalue weighted by atomic mass is 32.1.